The van der Waals surface area contributed by atoms with Gasteiger partial charge >= 0.3 is 0 Å². The van der Waals surface area contributed by atoms with Crippen LogP contribution in [0.2, 0.25) is 5.02 Å². The highest BCUT2D eigenvalue weighted by Crippen LogP contribution is 2.22. The number of amides is 1. The van der Waals surface area contributed by atoms with E-state index in [1.54, 1.807) is 43.8 Å². The van der Waals surface area contributed by atoms with Crippen molar-refractivity contribution in [2.45, 2.75) is 13.0 Å². The SMILES string of the molecule is COc1ccc(-n2cc(C(=O)NCCCn3ncc4c(Cl)cccc43)ccc2=O)cc1. The summed E-state index contributed by atoms with van der Waals surface area (Å²) in [4.78, 5) is 24.8. The number of benzene rings is 2. The highest BCUT2D eigenvalue weighted by atomic mass is 35.5. The summed E-state index contributed by atoms with van der Waals surface area (Å²) in [7, 11) is 1.58. The molecule has 0 saturated carbocycles. The quantitative estimate of drug-likeness (QED) is 0.448. The number of ether oxygens (including phenoxy) is 1. The number of nitrogens with one attached hydrogen (secondary N) is 1. The molecule has 1 amide bonds. The summed E-state index contributed by atoms with van der Waals surface area (Å²) in [5, 5.41) is 8.85. The van der Waals surface area contributed by atoms with Crippen LogP contribution in [0.5, 0.6) is 5.75 Å². The van der Waals surface area contributed by atoms with Crippen LogP contribution in [0, 0.1) is 0 Å². The van der Waals surface area contributed by atoms with E-state index in [0.29, 0.717) is 41.5 Å². The van der Waals surface area contributed by atoms with Gasteiger partial charge in [-0.05, 0) is 48.9 Å². The number of pyridine rings is 1. The van der Waals surface area contributed by atoms with E-state index in [9.17, 15) is 9.59 Å². The van der Waals surface area contributed by atoms with Crippen molar-refractivity contribution in [3.63, 3.8) is 0 Å². The Morgan fingerprint density at radius 1 is 1.13 bits per heavy atom. The average molecular weight is 437 g/mol. The highest BCUT2D eigenvalue weighted by molar-refractivity contribution is 6.35. The summed E-state index contributed by atoms with van der Waals surface area (Å²) in [6.07, 6.45) is 3.99. The van der Waals surface area contributed by atoms with Crippen LogP contribution in [0.3, 0.4) is 0 Å². The Morgan fingerprint density at radius 3 is 2.71 bits per heavy atom. The number of halogens is 1. The number of carbonyl (C=O) groups excluding carboxylic acids is 1. The molecule has 2 heterocycles. The van der Waals surface area contributed by atoms with Gasteiger partial charge in [0, 0.05) is 36.4 Å². The van der Waals surface area contributed by atoms with E-state index in [1.165, 1.54) is 16.7 Å². The van der Waals surface area contributed by atoms with Gasteiger partial charge in [-0.15, -0.1) is 0 Å². The van der Waals surface area contributed by atoms with Crippen LogP contribution in [0.4, 0.5) is 0 Å². The molecule has 0 aliphatic carbocycles. The van der Waals surface area contributed by atoms with E-state index < -0.39 is 0 Å². The number of nitrogens with zero attached hydrogens (tertiary/aromatic N) is 3. The number of methoxy groups -OCH3 is 1. The molecule has 2 aromatic heterocycles. The zero-order valence-corrected chi connectivity index (χ0v) is 17.7. The van der Waals surface area contributed by atoms with Crippen LogP contribution < -0.4 is 15.6 Å². The molecule has 158 valence electrons. The zero-order chi connectivity index (χ0) is 21.8. The molecule has 0 fully saturated rings. The predicted octanol–water partition coefficient (Wildman–Crippen LogP) is 3.67. The van der Waals surface area contributed by atoms with Crippen molar-refractivity contribution < 1.29 is 9.53 Å². The number of hydrogen-bond donors (Lipinski definition) is 1. The maximum Gasteiger partial charge on any atom is 0.255 e. The van der Waals surface area contributed by atoms with Crippen molar-refractivity contribution in [1.29, 1.82) is 0 Å². The molecule has 0 aliphatic rings. The van der Waals surface area contributed by atoms with Crippen molar-refractivity contribution in [2.24, 2.45) is 0 Å². The van der Waals surface area contributed by atoms with Crippen molar-refractivity contribution in [1.82, 2.24) is 19.7 Å². The first-order valence-electron chi connectivity index (χ1n) is 9.82. The van der Waals surface area contributed by atoms with Crippen molar-refractivity contribution in [2.75, 3.05) is 13.7 Å². The van der Waals surface area contributed by atoms with E-state index in [-0.39, 0.29) is 11.5 Å². The number of carbonyl (C=O) groups is 1. The van der Waals surface area contributed by atoms with Gasteiger partial charge in [0.25, 0.3) is 11.5 Å². The first-order chi connectivity index (χ1) is 15.1. The summed E-state index contributed by atoms with van der Waals surface area (Å²) < 4.78 is 8.45. The number of aryl methyl sites for hydroxylation is 1. The molecule has 4 aromatic rings. The molecule has 0 saturated heterocycles. The molecular weight excluding hydrogens is 416 g/mol. The van der Waals surface area contributed by atoms with E-state index in [2.05, 4.69) is 10.4 Å². The van der Waals surface area contributed by atoms with Gasteiger partial charge in [0.15, 0.2) is 0 Å². The molecule has 8 heteroatoms. The third-order valence-corrected chi connectivity index (χ3v) is 5.32. The molecule has 0 unspecified atom stereocenters. The van der Waals surface area contributed by atoms with Gasteiger partial charge in [-0.25, -0.2) is 0 Å². The second-order valence-corrected chi connectivity index (χ2v) is 7.38. The minimum absolute atomic E-state index is 0.217. The lowest BCUT2D eigenvalue weighted by Gasteiger charge is -2.10. The number of rotatable bonds is 7. The van der Waals surface area contributed by atoms with Crippen LogP contribution in [-0.2, 0) is 6.54 Å². The molecule has 7 nitrogen and oxygen atoms in total. The molecule has 4 rings (SSSR count). The molecule has 0 radical (unpaired) electrons. The van der Waals surface area contributed by atoms with Crippen molar-refractivity contribution >= 4 is 28.4 Å². The summed E-state index contributed by atoms with van der Waals surface area (Å²) >= 11 is 6.18. The predicted molar refractivity (Wildman–Crippen MR) is 120 cm³/mol. The summed E-state index contributed by atoms with van der Waals surface area (Å²) in [5.74, 6) is 0.452. The number of aromatic nitrogens is 3. The average Bonchev–Trinajstić information content (AvgIpc) is 3.21. The van der Waals surface area contributed by atoms with Gasteiger partial charge in [-0.1, -0.05) is 17.7 Å². The first kappa shape index (κ1) is 20.7. The van der Waals surface area contributed by atoms with E-state index >= 15 is 0 Å². The molecule has 31 heavy (non-hydrogen) atoms. The Morgan fingerprint density at radius 2 is 1.94 bits per heavy atom. The molecular formula is C23H21ClN4O3. The topological polar surface area (TPSA) is 78.2 Å². The zero-order valence-electron chi connectivity index (χ0n) is 16.9. The monoisotopic (exact) mass is 436 g/mol. The summed E-state index contributed by atoms with van der Waals surface area (Å²) in [6.45, 7) is 1.12. The van der Waals surface area contributed by atoms with Gasteiger partial charge in [0.1, 0.15) is 5.75 Å². The Labute approximate surface area is 183 Å². The molecule has 0 spiro atoms. The fraction of sp³-hybridized carbons (Fsp3) is 0.174. The standard InChI is InChI=1S/C23H21ClN4O3/c1-31-18-9-7-17(8-10-18)27-15-16(6-11-22(27)29)23(30)25-12-3-13-28-21-5-2-4-20(24)19(21)14-26-28/h2,4-11,14-15H,3,12-13H2,1H3,(H,25,30). The van der Waals surface area contributed by atoms with Gasteiger partial charge < -0.3 is 10.1 Å². The van der Waals surface area contributed by atoms with E-state index in [4.69, 9.17) is 16.3 Å². The Bertz CT molecular complexity index is 1280. The van der Waals surface area contributed by atoms with Crippen LogP contribution >= 0.6 is 11.6 Å². The lowest BCUT2D eigenvalue weighted by atomic mass is 10.2. The fourth-order valence-electron chi connectivity index (χ4n) is 3.35. The van der Waals surface area contributed by atoms with Gasteiger partial charge in [-0.3, -0.25) is 18.8 Å². The molecule has 0 bridgehead atoms. The van der Waals surface area contributed by atoms with Crippen LogP contribution in [0.1, 0.15) is 16.8 Å². The maximum atomic E-state index is 12.6. The Hall–Kier alpha value is -3.58. The highest BCUT2D eigenvalue weighted by Gasteiger charge is 2.09. The number of hydrogen-bond acceptors (Lipinski definition) is 4. The van der Waals surface area contributed by atoms with Crippen LogP contribution in [0.15, 0.2) is 71.8 Å². The Balaban J connectivity index is 1.39. The minimum Gasteiger partial charge on any atom is -0.497 e. The third kappa shape index (κ3) is 4.46. The largest absolute Gasteiger partial charge is 0.497 e. The van der Waals surface area contributed by atoms with Gasteiger partial charge in [0.05, 0.1) is 29.4 Å². The summed E-state index contributed by atoms with van der Waals surface area (Å²) in [6, 6.07) is 15.7. The first-order valence-corrected chi connectivity index (χ1v) is 10.2. The molecule has 0 atom stereocenters. The van der Waals surface area contributed by atoms with Crippen molar-refractivity contribution in [3.05, 3.63) is 87.9 Å². The second-order valence-electron chi connectivity index (χ2n) is 6.97. The molecule has 2 aromatic carbocycles. The smallest absolute Gasteiger partial charge is 0.255 e. The molecule has 1 N–H and O–H groups in total. The fourth-order valence-corrected chi connectivity index (χ4v) is 3.56. The minimum atomic E-state index is -0.240. The summed E-state index contributed by atoms with van der Waals surface area (Å²) in [5.41, 5.74) is 1.81. The molecule has 0 aliphatic heterocycles. The van der Waals surface area contributed by atoms with E-state index in [1.807, 2.05) is 22.9 Å². The third-order valence-electron chi connectivity index (χ3n) is 4.99. The van der Waals surface area contributed by atoms with E-state index in [0.717, 1.165) is 10.9 Å². The lowest BCUT2D eigenvalue weighted by Crippen LogP contribution is -2.27. The van der Waals surface area contributed by atoms with Gasteiger partial charge in [0.2, 0.25) is 0 Å². The Kier molecular flexibility index (Phi) is 6.04. The van der Waals surface area contributed by atoms with Crippen LogP contribution in [-0.4, -0.2) is 33.9 Å². The van der Waals surface area contributed by atoms with Crippen molar-refractivity contribution in [3.8, 4) is 11.4 Å². The second kappa shape index (κ2) is 9.06. The normalized spacial score (nSPS) is 10.9. The van der Waals surface area contributed by atoms with Crippen LogP contribution in [0.25, 0.3) is 16.6 Å². The number of fused-ring (bicyclic) bond motifs is 1. The van der Waals surface area contributed by atoms with Gasteiger partial charge in [-0.2, -0.15) is 5.10 Å². The lowest BCUT2D eigenvalue weighted by molar-refractivity contribution is 0.0952. The maximum absolute atomic E-state index is 12.6.